The highest BCUT2D eigenvalue weighted by Gasteiger charge is 2.19. The van der Waals surface area contributed by atoms with Crippen LogP contribution in [0.1, 0.15) is 0 Å². The van der Waals surface area contributed by atoms with Crippen LogP contribution >= 0.6 is 0 Å². The maximum absolute atomic E-state index is 6.27. The van der Waals surface area contributed by atoms with Crippen molar-refractivity contribution in [1.82, 2.24) is 15.0 Å². The van der Waals surface area contributed by atoms with Gasteiger partial charge in [0.2, 0.25) is 0 Å². The summed E-state index contributed by atoms with van der Waals surface area (Å²) < 4.78 is 6.27. The second kappa shape index (κ2) is 11.0. The number of rotatable bonds is 4. The predicted octanol–water partition coefficient (Wildman–Crippen LogP) is 11.9. The summed E-state index contributed by atoms with van der Waals surface area (Å²) in [6.07, 6.45) is 0. The van der Waals surface area contributed by atoms with Gasteiger partial charge in [-0.1, -0.05) is 146 Å². The molecule has 4 heteroatoms. The summed E-state index contributed by atoms with van der Waals surface area (Å²) in [5.41, 5.74) is 6.59. The Hall–Kier alpha value is -6.65. The zero-order valence-electron chi connectivity index (χ0n) is 26.3. The molecule has 10 aromatic rings. The van der Waals surface area contributed by atoms with Crippen LogP contribution in [0.4, 0.5) is 0 Å². The Morgan fingerprint density at radius 2 is 0.918 bits per heavy atom. The van der Waals surface area contributed by atoms with E-state index in [1.807, 2.05) is 42.5 Å². The van der Waals surface area contributed by atoms with Crippen molar-refractivity contribution in [3.63, 3.8) is 0 Å². The van der Waals surface area contributed by atoms with Gasteiger partial charge in [0, 0.05) is 27.5 Å². The third-order valence-corrected chi connectivity index (χ3v) is 9.53. The lowest BCUT2D eigenvalue weighted by molar-refractivity contribution is 0.669. The summed E-state index contributed by atoms with van der Waals surface area (Å²) in [7, 11) is 0. The molecule has 0 bridgehead atoms. The normalized spacial score (nSPS) is 11.7. The van der Waals surface area contributed by atoms with Gasteiger partial charge in [-0.05, 0) is 61.6 Å². The fraction of sp³-hybridized carbons (Fsp3) is 0. The molecule has 0 aliphatic heterocycles. The van der Waals surface area contributed by atoms with Crippen molar-refractivity contribution in [2.24, 2.45) is 0 Å². The molecule has 2 heterocycles. The van der Waals surface area contributed by atoms with Gasteiger partial charge in [-0.25, -0.2) is 15.0 Å². The number of para-hydroxylation sites is 1. The Morgan fingerprint density at radius 3 is 1.78 bits per heavy atom. The van der Waals surface area contributed by atoms with Gasteiger partial charge < -0.3 is 4.42 Å². The van der Waals surface area contributed by atoms with Crippen LogP contribution in [0.2, 0.25) is 0 Å². The maximum Gasteiger partial charge on any atom is 0.164 e. The molecule has 8 aromatic carbocycles. The monoisotopic (exact) mass is 625 g/mol. The summed E-state index contributed by atoms with van der Waals surface area (Å²) >= 11 is 0. The number of hydrogen-bond acceptors (Lipinski definition) is 4. The number of aromatic nitrogens is 3. The predicted molar refractivity (Wildman–Crippen MR) is 201 cm³/mol. The molecule has 0 radical (unpaired) electrons. The molecule has 0 aliphatic rings. The van der Waals surface area contributed by atoms with Gasteiger partial charge in [0.1, 0.15) is 11.2 Å². The minimum atomic E-state index is 0.601. The minimum absolute atomic E-state index is 0.601. The quantitative estimate of drug-likeness (QED) is 0.183. The van der Waals surface area contributed by atoms with Gasteiger partial charge in [-0.2, -0.15) is 0 Å². The van der Waals surface area contributed by atoms with Gasteiger partial charge in [-0.3, -0.25) is 0 Å². The zero-order chi connectivity index (χ0) is 32.3. The molecule has 0 atom stereocenters. The Balaban J connectivity index is 1.25. The number of nitrogens with zero attached hydrogens (tertiary/aromatic N) is 3. The van der Waals surface area contributed by atoms with E-state index in [2.05, 4.69) is 121 Å². The van der Waals surface area contributed by atoms with Gasteiger partial charge in [0.15, 0.2) is 17.5 Å². The van der Waals surface area contributed by atoms with Crippen molar-refractivity contribution in [1.29, 1.82) is 0 Å². The molecule has 0 spiro atoms. The van der Waals surface area contributed by atoms with Crippen LogP contribution in [0.25, 0.3) is 99.5 Å². The van der Waals surface area contributed by atoms with Crippen molar-refractivity contribution in [2.45, 2.75) is 0 Å². The first-order chi connectivity index (χ1) is 24.3. The molecular weight excluding hydrogens is 599 g/mol. The summed E-state index contributed by atoms with van der Waals surface area (Å²) in [6.45, 7) is 0. The van der Waals surface area contributed by atoms with Crippen LogP contribution in [0.15, 0.2) is 168 Å². The Labute approximate surface area is 282 Å². The number of furan rings is 1. The molecule has 4 nitrogen and oxygen atoms in total. The molecule has 0 N–H and O–H groups in total. The van der Waals surface area contributed by atoms with E-state index in [1.54, 1.807) is 0 Å². The lowest BCUT2D eigenvalue weighted by Crippen LogP contribution is -2.01. The summed E-state index contributed by atoms with van der Waals surface area (Å²) in [4.78, 5) is 15.6. The van der Waals surface area contributed by atoms with E-state index < -0.39 is 0 Å². The molecule has 49 heavy (non-hydrogen) atoms. The third kappa shape index (κ3) is 4.49. The zero-order valence-corrected chi connectivity index (χ0v) is 26.3. The lowest BCUT2D eigenvalue weighted by Gasteiger charge is -2.13. The van der Waals surface area contributed by atoms with Crippen molar-refractivity contribution >= 4 is 54.3 Å². The standard InChI is InChI=1S/C45H27N3O/c1-2-11-28(12-3-1)33-15-6-7-16-36(33)44-46-43(47-45(48-44)38-18-10-20-41-42(38)37-17-8-9-19-40(37)49-41)31-22-21-30-24-25-34-32-14-5-4-13-29(32)23-26-35(34)39(30)27-31/h1-27H. The molecule has 0 unspecified atom stereocenters. The summed E-state index contributed by atoms with van der Waals surface area (Å²) in [6, 6.07) is 56.9. The third-order valence-electron chi connectivity index (χ3n) is 9.53. The summed E-state index contributed by atoms with van der Waals surface area (Å²) in [5, 5.41) is 9.28. The van der Waals surface area contributed by atoms with Crippen LogP contribution in [0, 0.1) is 0 Å². The van der Waals surface area contributed by atoms with E-state index in [4.69, 9.17) is 19.4 Å². The van der Waals surface area contributed by atoms with Crippen LogP contribution in [-0.2, 0) is 0 Å². The fourth-order valence-electron chi connectivity index (χ4n) is 7.21. The SMILES string of the molecule is c1ccc(-c2ccccc2-c2nc(-c3ccc4ccc5c6ccccc6ccc5c4c3)nc(-c3cccc4oc5ccccc5c34)n2)cc1. The van der Waals surface area contributed by atoms with E-state index in [-0.39, 0.29) is 0 Å². The molecule has 10 rings (SSSR count). The molecule has 2 aromatic heterocycles. The van der Waals surface area contributed by atoms with E-state index in [1.165, 1.54) is 26.9 Å². The summed E-state index contributed by atoms with van der Waals surface area (Å²) in [5.74, 6) is 1.84. The first-order valence-corrected chi connectivity index (χ1v) is 16.4. The number of benzene rings is 8. The Morgan fingerprint density at radius 1 is 0.327 bits per heavy atom. The molecular formula is C45H27N3O. The number of hydrogen-bond donors (Lipinski definition) is 0. The highest BCUT2D eigenvalue weighted by atomic mass is 16.3. The van der Waals surface area contributed by atoms with Gasteiger partial charge in [0.25, 0.3) is 0 Å². The molecule has 0 saturated heterocycles. The Kier molecular flexibility index (Phi) is 6.15. The van der Waals surface area contributed by atoms with Crippen molar-refractivity contribution in [3.8, 4) is 45.3 Å². The fourth-order valence-corrected chi connectivity index (χ4v) is 7.21. The first kappa shape index (κ1) is 27.5. The van der Waals surface area contributed by atoms with E-state index in [0.29, 0.717) is 17.5 Å². The minimum Gasteiger partial charge on any atom is -0.456 e. The van der Waals surface area contributed by atoms with Gasteiger partial charge >= 0.3 is 0 Å². The number of fused-ring (bicyclic) bond motifs is 8. The van der Waals surface area contributed by atoms with Gasteiger partial charge in [-0.15, -0.1) is 0 Å². The molecule has 0 fully saturated rings. The maximum atomic E-state index is 6.27. The Bertz CT molecular complexity index is 2890. The van der Waals surface area contributed by atoms with Crippen LogP contribution in [-0.4, -0.2) is 15.0 Å². The van der Waals surface area contributed by atoms with Crippen molar-refractivity contribution < 1.29 is 4.42 Å². The average molecular weight is 626 g/mol. The molecule has 0 aliphatic carbocycles. The van der Waals surface area contributed by atoms with Crippen molar-refractivity contribution in [2.75, 3.05) is 0 Å². The first-order valence-electron chi connectivity index (χ1n) is 16.4. The van der Waals surface area contributed by atoms with Crippen molar-refractivity contribution in [3.05, 3.63) is 164 Å². The average Bonchev–Trinajstić information content (AvgIpc) is 3.57. The molecule has 0 saturated carbocycles. The molecule has 228 valence electrons. The highest BCUT2D eigenvalue weighted by Crippen LogP contribution is 2.39. The van der Waals surface area contributed by atoms with E-state index in [0.717, 1.165) is 55.1 Å². The molecule has 0 amide bonds. The largest absolute Gasteiger partial charge is 0.456 e. The van der Waals surface area contributed by atoms with Crippen LogP contribution in [0.5, 0.6) is 0 Å². The smallest absolute Gasteiger partial charge is 0.164 e. The second-order valence-corrected chi connectivity index (χ2v) is 12.4. The van der Waals surface area contributed by atoms with Crippen LogP contribution < -0.4 is 0 Å². The van der Waals surface area contributed by atoms with E-state index in [9.17, 15) is 0 Å². The second-order valence-electron chi connectivity index (χ2n) is 12.4. The van der Waals surface area contributed by atoms with Crippen LogP contribution in [0.3, 0.4) is 0 Å². The highest BCUT2D eigenvalue weighted by molar-refractivity contribution is 6.18. The van der Waals surface area contributed by atoms with Gasteiger partial charge in [0.05, 0.1) is 0 Å². The lowest BCUT2D eigenvalue weighted by atomic mass is 9.96. The van der Waals surface area contributed by atoms with E-state index >= 15 is 0 Å². The topological polar surface area (TPSA) is 51.8 Å².